The van der Waals surface area contributed by atoms with Crippen molar-refractivity contribution < 1.29 is 14.3 Å². The molecular weight excluding hydrogens is 352 g/mol. The Labute approximate surface area is 165 Å². The normalized spacial score (nSPS) is 11.9. The quantitative estimate of drug-likeness (QED) is 0.577. The summed E-state index contributed by atoms with van der Waals surface area (Å²) in [5.41, 5.74) is 2.27. The SMILES string of the molecule is N#CCCN(Cc1ccco1)CC(O)COc1ccc(-c2ccccc2)cc1. The number of ether oxygens (including phenoxy) is 1. The Bertz CT molecular complexity index is 855. The van der Waals surface area contributed by atoms with Crippen LogP contribution in [0.4, 0.5) is 0 Å². The van der Waals surface area contributed by atoms with E-state index in [2.05, 4.69) is 18.2 Å². The minimum absolute atomic E-state index is 0.186. The summed E-state index contributed by atoms with van der Waals surface area (Å²) < 4.78 is 11.1. The summed E-state index contributed by atoms with van der Waals surface area (Å²) in [6.45, 7) is 1.72. The largest absolute Gasteiger partial charge is 0.491 e. The van der Waals surface area contributed by atoms with Crippen LogP contribution in [0.15, 0.2) is 77.4 Å². The van der Waals surface area contributed by atoms with E-state index in [1.807, 2.05) is 59.5 Å². The van der Waals surface area contributed by atoms with Gasteiger partial charge in [-0.15, -0.1) is 0 Å². The third kappa shape index (κ3) is 5.98. The molecule has 0 spiro atoms. The van der Waals surface area contributed by atoms with Gasteiger partial charge < -0.3 is 14.3 Å². The Morgan fingerprint density at radius 1 is 1.00 bits per heavy atom. The Morgan fingerprint density at radius 3 is 2.43 bits per heavy atom. The lowest BCUT2D eigenvalue weighted by Gasteiger charge is -2.23. The van der Waals surface area contributed by atoms with Crippen LogP contribution >= 0.6 is 0 Å². The summed E-state index contributed by atoms with van der Waals surface area (Å²) in [5, 5.41) is 19.2. The maximum Gasteiger partial charge on any atom is 0.119 e. The standard InChI is InChI=1S/C23H24N2O3/c24-13-5-14-25(17-23-8-4-15-27-23)16-21(26)18-28-22-11-9-20(10-12-22)19-6-2-1-3-7-19/h1-4,6-12,15,21,26H,5,14,16-18H2. The molecule has 1 heterocycles. The fourth-order valence-corrected chi connectivity index (χ4v) is 2.98. The molecule has 5 nitrogen and oxygen atoms in total. The Balaban J connectivity index is 1.50. The molecule has 0 fully saturated rings. The number of hydrogen-bond donors (Lipinski definition) is 1. The highest BCUT2D eigenvalue weighted by Crippen LogP contribution is 2.22. The van der Waals surface area contributed by atoms with Crippen molar-refractivity contribution in [3.05, 3.63) is 78.8 Å². The van der Waals surface area contributed by atoms with Gasteiger partial charge in [-0.25, -0.2) is 0 Å². The van der Waals surface area contributed by atoms with Crippen molar-refractivity contribution in [2.45, 2.75) is 19.1 Å². The summed E-state index contributed by atoms with van der Waals surface area (Å²) in [5.74, 6) is 1.52. The van der Waals surface area contributed by atoms with Gasteiger partial charge in [0.15, 0.2) is 0 Å². The van der Waals surface area contributed by atoms with Crippen LogP contribution in [0.25, 0.3) is 11.1 Å². The Hall–Kier alpha value is -3.07. The fourth-order valence-electron chi connectivity index (χ4n) is 2.98. The first-order chi connectivity index (χ1) is 13.7. The highest BCUT2D eigenvalue weighted by Gasteiger charge is 2.14. The average Bonchev–Trinajstić information content (AvgIpc) is 3.24. The average molecular weight is 376 g/mol. The van der Waals surface area contributed by atoms with Crippen molar-refractivity contribution in [1.82, 2.24) is 4.90 Å². The second-order valence-corrected chi connectivity index (χ2v) is 6.58. The molecule has 0 aliphatic heterocycles. The van der Waals surface area contributed by atoms with Crippen molar-refractivity contribution >= 4 is 0 Å². The lowest BCUT2D eigenvalue weighted by molar-refractivity contribution is 0.0641. The van der Waals surface area contributed by atoms with E-state index in [-0.39, 0.29) is 6.61 Å². The van der Waals surface area contributed by atoms with E-state index in [1.54, 1.807) is 6.26 Å². The number of benzene rings is 2. The highest BCUT2D eigenvalue weighted by atomic mass is 16.5. The van der Waals surface area contributed by atoms with Gasteiger partial charge >= 0.3 is 0 Å². The van der Waals surface area contributed by atoms with Gasteiger partial charge in [0.2, 0.25) is 0 Å². The van der Waals surface area contributed by atoms with Crippen LogP contribution in [-0.4, -0.2) is 35.8 Å². The predicted octanol–water partition coefficient (Wildman–Crippen LogP) is 4.10. The zero-order valence-corrected chi connectivity index (χ0v) is 15.7. The zero-order valence-electron chi connectivity index (χ0n) is 15.7. The number of hydrogen-bond acceptors (Lipinski definition) is 5. The first-order valence-electron chi connectivity index (χ1n) is 9.32. The highest BCUT2D eigenvalue weighted by molar-refractivity contribution is 5.63. The smallest absolute Gasteiger partial charge is 0.119 e. The predicted molar refractivity (Wildman–Crippen MR) is 108 cm³/mol. The van der Waals surface area contributed by atoms with Crippen LogP contribution in [-0.2, 0) is 6.54 Å². The van der Waals surface area contributed by atoms with Gasteiger partial charge in [0.25, 0.3) is 0 Å². The molecule has 0 saturated heterocycles. The minimum Gasteiger partial charge on any atom is -0.491 e. The van der Waals surface area contributed by atoms with Crippen LogP contribution < -0.4 is 4.74 Å². The zero-order chi connectivity index (χ0) is 19.6. The number of rotatable bonds is 10. The van der Waals surface area contributed by atoms with E-state index in [4.69, 9.17) is 14.4 Å². The van der Waals surface area contributed by atoms with Gasteiger partial charge in [0.05, 0.1) is 18.9 Å². The molecule has 1 unspecified atom stereocenters. The van der Waals surface area contributed by atoms with Crippen molar-refractivity contribution in [2.24, 2.45) is 0 Å². The fraction of sp³-hybridized carbons (Fsp3) is 0.261. The van der Waals surface area contributed by atoms with E-state index >= 15 is 0 Å². The molecule has 0 radical (unpaired) electrons. The van der Waals surface area contributed by atoms with Crippen molar-refractivity contribution in [1.29, 1.82) is 5.26 Å². The van der Waals surface area contributed by atoms with Gasteiger partial charge in [-0.1, -0.05) is 42.5 Å². The number of furan rings is 1. The molecule has 5 heteroatoms. The summed E-state index contributed by atoms with van der Waals surface area (Å²) >= 11 is 0. The Kier molecular flexibility index (Phi) is 7.25. The second kappa shape index (κ2) is 10.3. The van der Waals surface area contributed by atoms with Gasteiger partial charge in [-0.3, -0.25) is 4.90 Å². The van der Waals surface area contributed by atoms with E-state index in [1.165, 1.54) is 0 Å². The number of nitriles is 1. The third-order valence-electron chi connectivity index (χ3n) is 4.37. The lowest BCUT2D eigenvalue weighted by atomic mass is 10.1. The van der Waals surface area contributed by atoms with Gasteiger partial charge in [-0.2, -0.15) is 5.26 Å². The van der Waals surface area contributed by atoms with Crippen LogP contribution in [0.5, 0.6) is 5.75 Å². The summed E-state index contributed by atoms with van der Waals surface area (Å²) in [7, 11) is 0. The van der Waals surface area contributed by atoms with Crippen LogP contribution in [0.1, 0.15) is 12.2 Å². The van der Waals surface area contributed by atoms with Crippen LogP contribution in [0.3, 0.4) is 0 Å². The first kappa shape index (κ1) is 19.7. The second-order valence-electron chi connectivity index (χ2n) is 6.58. The topological polar surface area (TPSA) is 69.6 Å². The van der Waals surface area contributed by atoms with Gasteiger partial charge in [0.1, 0.15) is 24.2 Å². The van der Waals surface area contributed by atoms with Gasteiger partial charge in [-0.05, 0) is 35.4 Å². The molecule has 2 aromatic carbocycles. The van der Waals surface area contributed by atoms with Crippen molar-refractivity contribution in [3.8, 4) is 22.9 Å². The molecule has 0 amide bonds. The van der Waals surface area contributed by atoms with Gasteiger partial charge in [0, 0.05) is 19.5 Å². The monoisotopic (exact) mass is 376 g/mol. The number of aliphatic hydroxyl groups is 1. The molecule has 1 atom stereocenters. The molecule has 0 aliphatic rings. The lowest BCUT2D eigenvalue weighted by Crippen LogP contribution is -2.35. The summed E-state index contributed by atoms with van der Waals surface area (Å²) in [4.78, 5) is 1.99. The maximum atomic E-state index is 10.4. The van der Waals surface area contributed by atoms with Crippen LogP contribution in [0, 0.1) is 11.3 Å². The number of aliphatic hydroxyl groups excluding tert-OH is 1. The van der Waals surface area contributed by atoms with E-state index in [9.17, 15) is 5.11 Å². The molecule has 0 bridgehead atoms. The number of nitrogens with zero attached hydrogens (tertiary/aromatic N) is 2. The third-order valence-corrected chi connectivity index (χ3v) is 4.37. The summed E-state index contributed by atoms with van der Waals surface area (Å²) in [6.07, 6.45) is 1.36. The summed E-state index contributed by atoms with van der Waals surface area (Å²) in [6, 6.07) is 23.8. The van der Waals surface area contributed by atoms with E-state index < -0.39 is 6.10 Å². The molecule has 28 heavy (non-hydrogen) atoms. The molecular formula is C23H24N2O3. The molecule has 1 aromatic heterocycles. The van der Waals surface area contributed by atoms with Crippen LogP contribution in [0.2, 0.25) is 0 Å². The molecule has 0 saturated carbocycles. The Morgan fingerprint density at radius 2 is 1.75 bits per heavy atom. The van der Waals surface area contributed by atoms with Crippen molar-refractivity contribution in [2.75, 3.05) is 19.7 Å². The first-order valence-corrected chi connectivity index (χ1v) is 9.32. The minimum atomic E-state index is -0.664. The molecule has 144 valence electrons. The van der Waals surface area contributed by atoms with E-state index in [0.717, 1.165) is 16.9 Å². The molecule has 3 aromatic rings. The van der Waals surface area contributed by atoms with Crippen molar-refractivity contribution in [3.63, 3.8) is 0 Å². The molecule has 0 aliphatic carbocycles. The molecule has 3 rings (SSSR count). The molecule has 1 N–H and O–H groups in total. The maximum absolute atomic E-state index is 10.4. The van der Waals surface area contributed by atoms with E-state index in [0.29, 0.717) is 31.8 Å².